The van der Waals surface area contributed by atoms with Crippen LogP contribution in [0, 0.1) is 0 Å². The summed E-state index contributed by atoms with van der Waals surface area (Å²) >= 11 is 6.20. The van der Waals surface area contributed by atoms with Crippen molar-refractivity contribution in [3.63, 3.8) is 0 Å². The van der Waals surface area contributed by atoms with Gasteiger partial charge in [0.05, 0.1) is 29.5 Å². The predicted molar refractivity (Wildman–Crippen MR) is 106 cm³/mol. The first kappa shape index (κ1) is 19.2. The summed E-state index contributed by atoms with van der Waals surface area (Å²) in [6.45, 7) is 0. The van der Waals surface area contributed by atoms with Crippen molar-refractivity contribution in [2.24, 2.45) is 5.10 Å². The van der Waals surface area contributed by atoms with Gasteiger partial charge in [-0.2, -0.15) is 5.10 Å². The molecule has 0 bridgehead atoms. The number of carbonyl (C=O) groups is 2. The summed E-state index contributed by atoms with van der Waals surface area (Å²) in [7, 11) is 1.30. The Morgan fingerprint density at radius 3 is 2.71 bits per heavy atom. The first-order valence-electron chi connectivity index (χ1n) is 8.15. The lowest BCUT2D eigenvalue weighted by atomic mass is 10.1. The van der Waals surface area contributed by atoms with Crippen LogP contribution < -0.4 is 11.2 Å². The normalized spacial score (nSPS) is 10.8. The summed E-state index contributed by atoms with van der Waals surface area (Å²) in [6.07, 6.45) is 1.35. The van der Waals surface area contributed by atoms with E-state index in [0.717, 1.165) is 0 Å². The van der Waals surface area contributed by atoms with E-state index in [0.29, 0.717) is 38.9 Å². The Morgan fingerprint density at radius 2 is 1.96 bits per heavy atom. The second kappa shape index (κ2) is 8.41. The van der Waals surface area contributed by atoms with Crippen LogP contribution >= 0.6 is 11.6 Å². The van der Waals surface area contributed by atoms with E-state index in [1.165, 1.54) is 13.3 Å². The number of hydrazone groups is 1. The van der Waals surface area contributed by atoms with E-state index in [2.05, 4.69) is 10.5 Å². The van der Waals surface area contributed by atoms with Crippen LogP contribution in [-0.4, -0.2) is 25.2 Å². The highest BCUT2D eigenvalue weighted by molar-refractivity contribution is 6.33. The van der Waals surface area contributed by atoms with E-state index in [1.807, 2.05) is 0 Å². The number of esters is 1. The van der Waals surface area contributed by atoms with Crippen LogP contribution in [0.5, 0.6) is 0 Å². The van der Waals surface area contributed by atoms with E-state index in [-0.39, 0.29) is 0 Å². The lowest BCUT2D eigenvalue weighted by Crippen LogP contribution is -2.18. The Bertz CT molecular complexity index is 1060. The predicted octanol–water partition coefficient (Wildman–Crippen LogP) is 3.73. The zero-order valence-corrected chi connectivity index (χ0v) is 15.6. The number of nitrogen functional groups attached to an aromatic ring is 1. The Labute approximate surface area is 165 Å². The number of benzene rings is 2. The molecule has 0 aliphatic heterocycles. The van der Waals surface area contributed by atoms with Gasteiger partial charge in [0.25, 0.3) is 5.91 Å². The van der Waals surface area contributed by atoms with E-state index in [9.17, 15) is 9.59 Å². The smallest absolute Gasteiger partial charge is 0.337 e. The molecule has 3 rings (SSSR count). The standard InChI is InChI=1S/C20H16ClN3O4/c1-27-20(26)12-6-8-16(21)15(10-12)18-9-7-13(28-18)11-23-24-19(25)14-4-2-3-5-17(14)22/h2-11H,22H2,1H3,(H,24,25)/b23-11-. The molecule has 7 nitrogen and oxygen atoms in total. The molecule has 0 aliphatic carbocycles. The van der Waals surface area contributed by atoms with Gasteiger partial charge in [0, 0.05) is 11.3 Å². The third-order valence-corrected chi connectivity index (χ3v) is 4.17. The fourth-order valence-corrected chi connectivity index (χ4v) is 2.66. The SMILES string of the molecule is COC(=O)c1ccc(Cl)c(-c2ccc(/C=N\NC(=O)c3ccccc3N)o2)c1. The molecule has 8 heteroatoms. The Morgan fingerprint density at radius 1 is 1.18 bits per heavy atom. The number of rotatable bonds is 5. The van der Waals surface area contributed by atoms with Gasteiger partial charge in [-0.3, -0.25) is 4.79 Å². The van der Waals surface area contributed by atoms with Crippen LogP contribution in [0.15, 0.2) is 64.1 Å². The summed E-state index contributed by atoms with van der Waals surface area (Å²) in [5, 5.41) is 4.28. The fraction of sp³-hybridized carbons (Fsp3) is 0.0500. The summed E-state index contributed by atoms with van der Waals surface area (Å²) in [5.74, 6) is -0.0872. The molecule has 0 spiro atoms. The van der Waals surface area contributed by atoms with Crippen molar-refractivity contribution < 1.29 is 18.7 Å². The summed E-state index contributed by atoms with van der Waals surface area (Å²) in [5.41, 5.74) is 9.70. The highest BCUT2D eigenvalue weighted by atomic mass is 35.5. The number of furan rings is 1. The van der Waals surface area contributed by atoms with Gasteiger partial charge in [-0.15, -0.1) is 0 Å². The second-order valence-electron chi connectivity index (χ2n) is 5.67. The molecule has 142 valence electrons. The van der Waals surface area contributed by atoms with Crippen LogP contribution in [-0.2, 0) is 4.74 Å². The molecule has 2 aromatic carbocycles. The van der Waals surface area contributed by atoms with Crippen LogP contribution in [0.4, 0.5) is 5.69 Å². The fourth-order valence-electron chi connectivity index (χ4n) is 2.44. The summed E-state index contributed by atoms with van der Waals surface area (Å²) in [6, 6.07) is 14.7. The van der Waals surface area contributed by atoms with E-state index >= 15 is 0 Å². The van der Waals surface area contributed by atoms with Gasteiger partial charge in [0.15, 0.2) is 0 Å². The van der Waals surface area contributed by atoms with Crippen LogP contribution in [0.25, 0.3) is 11.3 Å². The molecule has 0 saturated heterocycles. The van der Waals surface area contributed by atoms with Crippen molar-refractivity contribution in [1.82, 2.24) is 5.43 Å². The molecule has 3 aromatic rings. The minimum atomic E-state index is -0.478. The van der Waals surface area contributed by atoms with Crippen molar-refractivity contribution in [3.8, 4) is 11.3 Å². The lowest BCUT2D eigenvalue weighted by molar-refractivity contribution is 0.0600. The molecule has 28 heavy (non-hydrogen) atoms. The molecule has 3 N–H and O–H groups in total. The summed E-state index contributed by atoms with van der Waals surface area (Å²) in [4.78, 5) is 23.8. The number of nitrogens with zero attached hydrogens (tertiary/aromatic N) is 1. The molecular weight excluding hydrogens is 382 g/mol. The molecule has 0 fully saturated rings. The maximum atomic E-state index is 12.1. The quantitative estimate of drug-likeness (QED) is 0.295. The third-order valence-electron chi connectivity index (χ3n) is 3.84. The lowest BCUT2D eigenvalue weighted by Gasteiger charge is -2.04. The van der Waals surface area contributed by atoms with Gasteiger partial charge < -0.3 is 14.9 Å². The van der Waals surface area contributed by atoms with Gasteiger partial charge in [0.2, 0.25) is 0 Å². The molecule has 0 radical (unpaired) electrons. The number of para-hydroxylation sites is 1. The van der Waals surface area contributed by atoms with Gasteiger partial charge in [-0.25, -0.2) is 10.2 Å². The Kier molecular flexibility index (Phi) is 5.76. The number of halogens is 1. The maximum absolute atomic E-state index is 12.1. The van der Waals surface area contributed by atoms with Gasteiger partial charge in [-0.05, 0) is 42.5 Å². The Hall–Kier alpha value is -3.58. The topological polar surface area (TPSA) is 107 Å². The number of nitrogens with one attached hydrogen (secondary N) is 1. The average Bonchev–Trinajstić information content (AvgIpc) is 3.16. The number of nitrogens with two attached hydrogens (primary N) is 1. The second-order valence-corrected chi connectivity index (χ2v) is 6.08. The molecule has 0 saturated carbocycles. The summed E-state index contributed by atoms with van der Waals surface area (Å²) < 4.78 is 10.4. The number of ether oxygens (including phenoxy) is 1. The van der Waals surface area contributed by atoms with E-state index in [4.69, 9.17) is 26.5 Å². The monoisotopic (exact) mass is 397 g/mol. The van der Waals surface area contributed by atoms with Crippen LogP contribution in [0.2, 0.25) is 5.02 Å². The number of anilines is 1. The number of carbonyl (C=O) groups excluding carboxylic acids is 2. The van der Waals surface area contributed by atoms with Crippen molar-refractivity contribution >= 4 is 35.4 Å². The van der Waals surface area contributed by atoms with Crippen LogP contribution in [0.1, 0.15) is 26.5 Å². The first-order chi connectivity index (χ1) is 13.5. The molecule has 0 aliphatic rings. The molecular formula is C20H16ClN3O4. The van der Waals surface area contributed by atoms with E-state index < -0.39 is 11.9 Å². The van der Waals surface area contributed by atoms with Crippen molar-refractivity contribution in [2.75, 3.05) is 12.8 Å². The van der Waals surface area contributed by atoms with Gasteiger partial charge in [0.1, 0.15) is 11.5 Å². The molecule has 1 aromatic heterocycles. The van der Waals surface area contributed by atoms with Crippen molar-refractivity contribution in [1.29, 1.82) is 0 Å². The molecule has 0 unspecified atom stereocenters. The van der Waals surface area contributed by atoms with E-state index in [1.54, 1.807) is 54.6 Å². The zero-order chi connectivity index (χ0) is 20.1. The third kappa shape index (κ3) is 4.21. The highest BCUT2D eigenvalue weighted by Crippen LogP contribution is 2.30. The number of hydrogen-bond acceptors (Lipinski definition) is 6. The van der Waals surface area contributed by atoms with Gasteiger partial charge in [-0.1, -0.05) is 23.7 Å². The van der Waals surface area contributed by atoms with Crippen molar-refractivity contribution in [2.45, 2.75) is 0 Å². The van der Waals surface area contributed by atoms with Gasteiger partial charge >= 0.3 is 5.97 Å². The number of hydrogen-bond donors (Lipinski definition) is 2. The highest BCUT2D eigenvalue weighted by Gasteiger charge is 2.13. The number of amides is 1. The number of methoxy groups -OCH3 is 1. The molecule has 0 atom stereocenters. The zero-order valence-electron chi connectivity index (χ0n) is 14.8. The van der Waals surface area contributed by atoms with Crippen molar-refractivity contribution in [3.05, 3.63) is 76.5 Å². The maximum Gasteiger partial charge on any atom is 0.337 e. The minimum Gasteiger partial charge on any atom is -0.465 e. The molecule has 1 amide bonds. The minimum absolute atomic E-state index is 0.325. The Balaban J connectivity index is 1.74. The average molecular weight is 398 g/mol. The largest absolute Gasteiger partial charge is 0.465 e. The molecule has 1 heterocycles. The van der Waals surface area contributed by atoms with Crippen LogP contribution in [0.3, 0.4) is 0 Å². The first-order valence-corrected chi connectivity index (χ1v) is 8.53.